The number of aromatic amines is 1. The third-order valence-electron chi connectivity index (χ3n) is 3.36. The van der Waals surface area contributed by atoms with E-state index in [1.54, 1.807) is 13.8 Å². The van der Waals surface area contributed by atoms with Gasteiger partial charge in [-0.1, -0.05) is 10.4 Å². The van der Waals surface area contributed by atoms with Gasteiger partial charge in [0, 0.05) is 6.42 Å². The molecule has 0 aromatic carbocycles. The molecule has 1 saturated heterocycles. The van der Waals surface area contributed by atoms with E-state index in [0.29, 0.717) is 6.42 Å². The topological polar surface area (TPSA) is 154 Å². The number of oxime groups is 1. The Labute approximate surface area is 130 Å². The highest BCUT2D eigenvalue weighted by Crippen LogP contribution is 2.31. The van der Waals surface area contributed by atoms with Crippen LogP contribution in [0.15, 0.2) is 9.95 Å². The second-order valence-electron chi connectivity index (χ2n) is 5.39. The van der Waals surface area contributed by atoms with Crippen LogP contribution in [-0.4, -0.2) is 54.6 Å². The molecule has 11 nitrogen and oxygen atoms in total. The number of nitrogen functional groups attached to an aromatic ring is 1. The molecule has 3 rings (SSSR count). The summed E-state index contributed by atoms with van der Waals surface area (Å²) >= 11 is 0. The van der Waals surface area contributed by atoms with Crippen molar-refractivity contribution in [2.75, 3.05) is 12.3 Å². The Morgan fingerprint density at radius 2 is 2.39 bits per heavy atom. The fraction of sp³-hybridized carbons (Fsp3) is 0.583. The molecule has 1 aliphatic heterocycles. The molecular weight excluding hydrogens is 306 g/mol. The predicted octanol–water partition coefficient (Wildman–Crippen LogP) is -0.842. The van der Waals surface area contributed by atoms with Gasteiger partial charge in [0.2, 0.25) is 5.95 Å². The van der Waals surface area contributed by atoms with Gasteiger partial charge in [-0.25, -0.2) is 0 Å². The van der Waals surface area contributed by atoms with Crippen LogP contribution in [0.1, 0.15) is 26.5 Å². The van der Waals surface area contributed by atoms with Crippen molar-refractivity contribution in [3.05, 3.63) is 10.4 Å². The van der Waals surface area contributed by atoms with Crippen LogP contribution >= 0.6 is 0 Å². The molecule has 4 N–H and O–H groups in total. The van der Waals surface area contributed by atoms with Crippen molar-refractivity contribution in [1.29, 1.82) is 0 Å². The molecule has 0 saturated carbocycles. The summed E-state index contributed by atoms with van der Waals surface area (Å²) in [5.74, 6) is -0.0400. The van der Waals surface area contributed by atoms with Crippen LogP contribution in [0, 0.1) is 0 Å². The minimum atomic E-state index is -0.594. The lowest BCUT2D eigenvalue weighted by molar-refractivity contribution is -0.0627. The number of nitrogens with zero attached hydrogens (tertiary/aromatic N) is 5. The van der Waals surface area contributed by atoms with Gasteiger partial charge in [0.25, 0.3) is 5.56 Å². The number of nitrogens with two attached hydrogens (primary N) is 1. The normalized spacial score (nSPS) is 24.0. The number of H-pyrrole nitrogens is 1. The highest BCUT2D eigenvalue weighted by atomic mass is 16.7. The Balaban J connectivity index is 1.91. The molecule has 124 valence electrons. The number of fused-ring (bicyclic) bond motifs is 1. The molecule has 0 bridgehead atoms. The minimum Gasteiger partial charge on any atom is -0.394 e. The molecule has 0 spiro atoms. The Hall–Kier alpha value is -2.53. The van der Waals surface area contributed by atoms with Gasteiger partial charge >= 0.3 is 0 Å². The van der Waals surface area contributed by atoms with Gasteiger partial charge in [-0.15, -0.1) is 5.10 Å². The van der Waals surface area contributed by atoms with E-state index < -0.39 is 24.0 Å². The van der Waals surface area contributed by atoms with Crippen LogP contribution in [0.5, 0.6) is 0 Å². The number of hydrogen-bond donors (Lipinski definition) is 3. The summed E-state index contributed by atoms with van der Waals surface area (Å²) in [5, 5.41) is 21.0. The lowest BCUT2D eigenvalue weighted by atomic mass is 10.2. The number of aliphatic hydroxyl groups excluding tert-OH is 1. The largest absolute Gasteiger partial charge is 0.394 e. The molecule has 1 aliphatic rings. The lowest BCUT2D eigenvalue weighted by Crippen LogP contribution is -2.26. The zero-order valence-corrected chi connectivity index (χ0v) is 12.6. The summed E-state index contributed by atoms with van der Waals surface area (Å²) in [6.45, 7) is 3.36. The number of hydrogen-bond acceptors (Lipinski definition) is 9. The van der Waals surface area contributed by atoms with Gasteiger partial charge in [0.15, 0.2) is 23.5 Å². The average molecular weight is 323 g/mol. The van der Waals surface area contributed by atoms with Crippen LogP contribution in [-0.2, 0) is 9.57 Å². The molecule has 0 radical (unpaired) electrons. The number of nitrogens with one attached hydrogen (secondary N) is 1. The maximum Gasteiger partial charge on any atom is 0.282 e. The second-order valence-corrected chi connectivity index (χ2v) is 5.39. The molecule has 3 heterocycles. The van der Waals surface area contributed by atoms with Crippen molar-refractivity contribution in [3.63, 3.8) is 0 Å². The van der Waals surface area contributed by atoms with Crippen LogP contribution in [0.3, 0.4) is 0 Å². The van der Waals surface area contributed by atoms with E-state index in [2.05, 4.69) is 25.4 Å². The summed E-state index contributed by atoms with van der Waals surface area (Å²) in [5.41, 5.74) is 6.10. The van der Waals surface area contributed by atoms with Gasteiger partial charge in [-0.05, 0) is 13.8 Å². The van der Waals surface area contributed by atoms with Crippen LogP contribution in [0.25, 0.3) is 11.2 Å². The third-order valence-corrected chi connectivity index (χ3v) is 3.36. The maximum atomic E-state index is 11.8. The third kappa shape index (κ3) is 2.87. The molecular formula is C12H17N7O4. The molecule has 2 aromatic rings. The maximum absolute atomic E-state index is 11.8. The van der Waals surface area contributed by atoms with E-state index in [1.807, 2.05) is 0 Å². The highest BCUT2D eigenvalue weighted by molar-refractivity contribution is 5.78. The first-order valence-electron chi connectivity index (χ1n) is 7.03. The van der Waals surface area contributed by atoms with E-state index in [1.165, 1.54) is 4.68 Å². The monoisotopic (exact) mass is 323 g/mol. The fourth-order valence-corrected chi connectivity index (χ4v) is 2.35. The standard InChI is InChI=1S/C12H17N7O4/c1-5(2)17-23-6-3-8(22-7(6)4-20)19-10-9(16-18-19)11(21)15-12(13)14-10/h6-8,20H,3-4H2,1-2H3,(H3,13,14,15,21)/t6?,7-,8-/m1/s1. The van der Waals surface area contributed by atoms with Gasteiger partial charge in [0.05, 0.1) is 12.3 Å². The molecule has 0 amide bonds. The van der Waals surface area contributed by atoms with Crippen molar-refractivity contribution < 1.29 is 14.7 Å². The molecule has 1 fully saturated rings. The number of ether oxygens (including phenoxy) is 1. The Kier molecular flexibility index (Phi) is 3.96. The SMILES string of the molecule is CC(C)=NOC1C[C@H](n2nnc3c(=O)[nH]c(N)nc32)O[C@@H]1CO. The van der Waals surface area contributed by atoms with Crippen LogP contribution < -0.4 is 11.3 Å². The molecule has 1 unspecified atom stereocenters. The van der Waals surface area contributed by atoms with E-state index in [-0.39, 0.29) is 23.7 Å². The number of aromatic nitrogens is 5. The Morgan fingerprint density at radius 3 is 3.09 bits per heavy atom. The van der Waals surface area contributed by atoms with E-state index >= 15 is 0 Å². The fourth-order valence-electron chi connectivity index (χ4n) is 2.35. The van der Waals surface area contributed by atoms with E-state index in [4.69, 9.17) is 15.3 Å². The summed E-state index contributed by atoms with van der Waals surface area (Å²) in [4.78, 5) is 23.6. The van der Waals surface area contributed by atoms with Crippen molar-refractivity contribution >= 4 is 22.8 Å². The first kappa shape index (κ1) is 15.4. The van der Waals surface area contributed by atoms with Crippen molar-refractivity contribution in [2.24, 2.45) is 5.16 Å². The number of aliphatic hydroxyl groups is 1. The highest BCUT2D eigenvalue weighted by Gasteiger charge is 2.39. The molecule has 23 heavy (non-hydrogen) atoms. The number of anilines is 1. The summed E-state index contributed by atoms with van der Waals surface area (Å²) in [7, 11) is 0. The van der Waals surface area contributed by atoms with Gasteiger partial charge < -0.3 is 20.4 Å². The minimum absolute atomic E-state index is 0.0400. The van der Waals surface area contributed by atoms with Gasteiger partial charge in [-0.2, -0.15) is 9.67 Å². The Bertz CT molecular complexity index is 794. The van der Waals surface area contributed by atoms with E-state index in [9.17, 15) is 9.90 Å². The van der Waals surface area contributed by atoms with Crippen molar-refractivity contribution in [2.45, 2.75) is 38.7 Å². The molecule has 0 aliphatic carbocycles. The smallest absolute Gasteiger partial charge is 0.282 e. The van der Waals surface area contributed by atoms with Crippen LogP contribution in [0.4, 0.5) is 5.95 Å². The summed E-state index contributed by atoms with van der Waals surface area (Å²) < 4.78 is 7.07. The first-order chi connectivity index (χ1) is 11.0. The summed E-state index contributed by atoms with van der Waals surface area (Å²) in [6, 6.07) is 0. The second kappa shape index (κ2) is 5.93. The Morgan fingerprint density at radius 1 is 1.61 bits per heavy atom. The predicted molar refractivity (Wildman–Crippen MR) is 79.6 cm³/mol. The zero-order chi connectivity index (χ0) is 16.6. The first-order valence-corrected chi connectivity index (χ1v) is 7.03. The van der Waals surface area contributed by atoms with Gasteiger partial charge in [0.1, 0.15) is 6.10 Å². The van der Waals surface area contributed by atoms with Crippen molar-refractivity contribution in [3.8, 4) is 0 Å². The molecule has 3 atom stereocenters. The lowest BCUT2D eigenvalue weighted by Gasteiger charge is -2.13. The summed E-state index contributed by atoms with van der Waals surface area (Å²) in [6.07, 6.45) is -1.24. The zero-order valence-electron chi connectivity index (χ0n) is 12.6. The number of rotatable bonds is 4. The molecule has 2 aromatic heterocycles. The average Bonchev–Trinajstić information content (AvgIpc) is 3.08. The van der Waals surface area contributed by atoms with E-state index in [0.717, 1.165) is 5.71 Å². The van der Waals surface area contributed by atoms with Crippen molar-refractivity contribution in [1.82, 2.24) is 25.0 Å². The molecule has 11 heteroatoms. The van der Waals surface area contributed by atoms with Gasteiger partial charge in [-0.3, -0.25) is 9.78 Å². The van der Waals surface area contributed by atoms with Crippen LogP contribution in [0.2, 0.25) is 0 Å². The quantitative estimate of drug-likeness (QED) is 0.486.